The maximum Gasteiger partial charge on any atom is 0.329 e. The topological polar surface area (TPSA) is 66.4 Å². The van der Waals surface area contributed by atoms with Gasteiger partial charge in [-0.05, 0) is 37.5 Å². The standard InChI is InChI=1S/C16H21NO3/c1-4-11-16(3,15(19)20)17-14(18)10-9-13-8-6-5-7-12(13)2/h5-10H,4,11H2,1-3H3,(H,17,18)(H,19,20)/b10-9+. The van der Waals surface area contributed by atoms with E-state index in [1.807, 2.05) is 38.1 Å². The molecule has 1 aromatic carbocycles. The molecule has 0 heterocycles. The summed E-state index contributed by atoms with van der Waals surface area (Å²) in [5.41, 5.74) is 0.781. The third-order valence-electron chi connectivity index (χ3n) is 3.22. The summed E-state index contributed by atoms with van der Waals surface area (Å²) >= 11 is 0. The lowest BCUT2D eigenvalue weighted by Gasteiger charge is -2.24. The van der Waals surface area contributed by atoms with Crippen molar-refractivity contribution < 1.29 is 14.7 Å². The monoisotopic (exact) mass is 275 g/mol. The second-order valence-corrected chi connectivity index (χ2v) is 5.07. The number of hydrogen-bond acceptors (Lipinski definition) is 2. The molecule has 0 aliphatic carbocycles. The zero-order valence-electron chi connectivity index (χ0n) is 12.1. The molecule has 4 nitrogen and oxygen atoms in total. The minimum Gasteiger partial charge on any atom is -0.480 e. The quantitative estimate of drug-likeness (QED) is 0.784. The van der Waals surface area contributed by atoms with Crippen molar-refractivity contribution in [2.24, 2.45) is 0 Å². The van der Waals surface area contributed by atoms with Gasteiger partial charge in [-0.3, -0.25) is 4.79 Å². The number of amides is 1. The SMILES string of the molecule is CCCC(C)(NC(=O)/C=C/c1ccccc1C)C(=O)O. The van der Waals surface area contributed by atoms with Gasteiger partial charge in [0, 0.05) is 6.08 Å². The van der Waals surface area contributed by atoms with Crippen LogP contribution in [0.25, 0.3) is 6.08 Å². The van der Waals surface area contributed by atoms with Crippen molar-refractivity contribution >= 4 is 18.0 Å². The molecule has 1 atom stereocenters. The first kappa shape index (κ1) is 16.0. The van der Waals surface area contributed by atoms with E-state index in [0.29, 0.717) is 12.8 Å². The smallest absolute Gasteiger partial charge is 0.329 e. The Morgan fingerprint density at radius 3 is 2.55 bits per heavy atom. The van der Waals surface area contributed by atoms with E-state index < -0.39 is 17.4 Å². The molecule has 1 rings (SSSR count). The highest BCUT2D eigenvalue weighted by atomic mass is 16.4. The summed E-state index contributed by atoms with van der Waals surface area (Å²) in [7, 11) is 0. The van der Waals surface area contributed by atoms with Crippen molar-refractivity contribution in [3.63, 3.8) is 0 Å². The average molecular weight is 275 g/mol. The van der Waals surface area contributed by atoms with E-state index in [9.17, 15) is 14.7 Å². The fraction of sp³-hybridized carbons (Fsp3) is 0.375. The Balaban J connectivity index is 2.77. The Bertz CT molecular complexity index is 522. The third kappa shape index (κ3) is 4.23. The molecular formula is C16H21NO3. The van der Waals surface area contributed by atoms with Crippen LogP contribution >= 0.6 is 0 Å². The largest absolute Gasteiger partial charge is 0.480 e. The van der Waals surface area contributed by atoms with Gasteiger partial charge >= 0.3 is 5.97 Å². The van der Waals surface area contributed by atoms with Crippen LogP contribution in [0.4, 0.5) is 0 Å². The van der Waals surface area contributed by atoms with Gasteiger partial charge in [-0.15, -0.1) is 0 Å². The number of aryl methyl sites for hydroxylation is 1. The summed E-state index contributed by atoms with van der Waals surface area (Å²) in [6.45, 7) is 5.37. The fourth-order valence-electron chi connectivity index (χ4n) is 1.98. The van der Waals surface area contributed by atoms with Crippen LogP contribution in [0.15, 0.2) is 30.3 Å². The molecular weight excluding hydrogens is 254 g/mol. The summed E-state index contributed by atoms with van der Waals surface area (Å²) < 4.78 is 0. The molecule has 4 heteroatoms. The molecule has 1 unspecified atom stereocenters. The summed E-state index contributed by atoms with van der Waals surface area (Å²) in [5.74, 6) is -1.41. The highest BCUT2D eigenvalue weighted by molar-refractivity contribution is 5.95. The maximum absolute atomic E-state index is 11.9. The van der Waals surface area contributed by atoms with Crippen LogP contribution in [0.5, 0.6) is 0 Å². The van der Waals surface area contributed by atoms with Crippen molar-refractivity contribution in [3.05, 3.63) is 41.5 Å². The van der Waals surface area contributed by atoms with Crippen LogP contribution in [0, 0.1) is 6.92 Å². The third-order valence-corrected chi connectivity index (χ3v) is 3.22. The molecule has 0 saturated carbocycles. The Morgan fingerprint density at radius 1 is 1.35 bits per heavy atom. The number of carbonyl (C=O) groups excluding carboxylic acids is 1. The van der Waals surface area contributed by atoms with Gasteiger partial charge in [0.15, 0.2) is 0 Å². The van der Waals surface area contributed by atoms with Crippen LogP contribution in [-0.4, -0.2) is 22.5 Å². The first-order chi connectivity index (χ1) is 9.39. The van der Waals surface area contributed by atoms with Gasteiger partial charge in [0.25, 0.3) is 0 Å². The lowest BCUT2D eigenvalue weighted by Crippen LogP contribution is -2.51. The van der Waals surface area contributed by atoms with E-state index in [1.165, 1.54) is 13.0 Å². The van der Waals surface area contributed by atoms with Crippen molar-refractivity contribution in [1.29, 1.82) is 0 Å². The first-order valence-electron chi connectivity index (χ1n) is 6.68. The van der Waals surface area contributed by atoms with Crippen LogP contribution in [0.1, 0.15) is 37.8 Å². The second-order valence-electron chi connectivity index (χ2n) is 5.07. The number of hydrogen-bond donors (Lipinski definition) is 2. The summed E-state index contributed by atoms with van der Waals surface area (Å²) in [6, 6.07) is 7.68. The maximum atomic E-state index is 11.9. The van der Waals surface area contributed by atoms with E-state index in [-0.39, 0.29) is 0 Å². The second kappa shape index (κ2) is 6.89. The molecule has 20 heavy (non-hydrogen) atoms. The van der Waals surface area contributed by atoms with Gasteiger partial charge in [-0.25, -0.2) is 4.79 Å². The molecule has 0 aliphatic rings. The number of carboxylic acids is 1. The van der Waals surface area contributed by atoms with Gasteiger partial charge in [0.2, 0.25) is 5.91 Å². The zero-order chi connectivity index (χ0) is 15.2. The van der Waals surface area contributed by atoms with Gasteiger partial charge < -0.3 is 10.4 Å². The predicted molar refractivity (Wildman–Crippen MR) is 79.3 cm³/mol. The number of carboxylic acid groups (broad SMARTS) is 1. The van der Waals surface area contributed by atoms with Crippen molar-refractivity contribution in [3.8, 4) is 0 Å². The summed E-state index contributed by atoms with van der Waals surface area (Å²) in [4.78, 5) is 23.1. The highest BCUT2D eigenvalue weighted by Gasteiger charge is 2.33. The molecule has 0 saturated heterocycles. The summed E-state index contributed by atoms with van der Waals surface area (Å²) in [6.07, 6.45) is 4.15. The van der Waals surface area contributed by atoms with Crippen LogP contribution in [0.3, 0.4) is 0 Å². The first-order valence-corrected chi connectivity index (χ1v) is 6.68. The molecule has 0 radical (unpaired) electrons. The molecule has 0 spiro atoms. The zero-order valence-corrected chi connectivity index (χ0v) is 12.1. The predicted octanol–water partition coefficient (Wildman–Crippen LogP) is 2.77. The van der Waals surface area contributed by atoms with Gasteiger partial charge in [-0.1, -0.05) is 37.6 Å². The number of nitrogens with one attached hydrogen (secondary N) is 1. The molecule has 0 fully saturated rings. The van der Waals surface area contributed by atoms with E-state index in [2.05, 4.69) is 5.32 Å². The Hall–Kier alpha value is -2.10. The minimum atomic E-state index is -1.22. The normalized spacial score (nSPS) is 13.9. The lowest BCUT2D eigenvalue weighted by molar-refractivity contribution is -0.146. The lowest BCUT2D eigenvalue weighted by atomic mass is 9.96. The van der Waals surface area contributed by atoms with E-state index in [4.69, 9.17) is 0 Å². The van der Waals surface area contributed by atoms with Crippen LogP contribution in [0.2, 0.25) is 0 Å². The van der Waals surface area contributed by atoms with Crippen molar-refractivity contribution in [2.75, 3.05) is 0 Å². The van der Waals surface area contributed by atoms with Crippen LogP contribution < -0.4 is 5.32 Å². The Morgan fingerprint density at radius 2 is 2.00 bits per heavy atom. The fourth-order valence-corrected chi connectivity index (χ4v) is 1.98. The average Bonchev–Trinajstić information content (AvgIpc) is 2.38. The number of carbonyl (C=O) groups is 2. The molecule has 0 aromatic heterocycles. The minimum absolute atomic E-state index is 0.395. The molecule has 0 bridgehead atoms. The van der Waals surface area contributed by atoms with Gasteiger partial charge in [-0.2, -0.15) is 0 Å². The molecule has 0 aliphatic heterocycles. The Labute approximate surface area is 119 Å². The number of aliphatic carboxylic acids is 1. The number of benzene rings is 1. The molecule has 1 aromatic rings. The van der Waals surface area contributed by atoms with Crippen molar-refractivity contribution in [1.82, 2.24) is 5.32 Å². The summed E-state index contributed by atoms with van der Waals surface area (Å²) in [5, 5.41) is 11.8. The molecule has 1 amide bonds. The van der Waals surface area contributed by atoms with E-state index >= 15 is 0 Å². The van der Waals surface area contributed by atoms with Crippen molar-refractivity contribution in [2.45, 2.75) is 39.2 Å². The molecule has 108 valence electrons. The van der Waals surface area contributed by atoms with Crippen LogP contribution in [-0.2, 0) is 9.59 Å². The molecule has 2 N–H and O–H groups in total. The van der Waals surface area contributed by atoms with E-state index in [1.54, 1.807) is 6.08 Å². The van der Waals surface area contributed by atoms with Gasteiger partial charge in [0.1, 0.15) is 5.54 Å². The number of rotatable bonds is 6. The van der Waals surface area contributed by atoms with Gasteiger partial charge in [0.05, 0.1) is 0 Å². The highest BCUT2D eigenvalue weighted by Crippen LogP contribution is 2.13. The Kier molecular flexibility index (Phi) is 5.50. The van der Waals surface area contributed by atoms with E-state index in [0.717, 1.165) is 11.1 Å².